The van der Waals surface area contributed by atoms with Crippen LogP contribution in [0.2, 0.25) is 0 Å². The van der Waals surface area contributed by atoms with Crippen LogP contribution in [-0.2, 0) is 10.0 Å². The number of benzene rings is 2. The molecule has 4 nitrogen and oxygen atoms in total. The van der Waals surface area contributed by atoms with Gasteiger partial charge in [-0.3, -0.25) is 0 Å². The molecule has 1 heterocycles. The molecule has 0 aromatic heterocycles. The minimum absolute atomic E-state index is 0.140. The normalized spacial score (nSPS) is 19.5. The first-order valence-corrected chi connectivity index (χ1v) is 9.72. The van der Waals surface area contributed by atoms with Crippen molar-refractivity contribution in [1.29, 1.82) is 0 Å². The number of nitrogens with zero attached hydrogens (tertiary/aromatic N) is 2. The van der Waals surface area contributed by atoms with Crippen LogP contribution in [0.3, 0.4) is 0 Å². The number of rotatable bonds is 3. The summed E-state index contributed by atoms with van der Waals surface area (Å²) in [4.78, 5) is 2.66. The highest BCUT2D eigenvalue weighted by Crippen LogP contribution is 2.24. The van der Waals surface area contributed by atoms with E-state index in [2.05, 4.69) is 43.0 Å². The summed E-state index contributed by atoms with van der Waals surface area (Å²) < 4.78 is 27.3. The van der Waals surface area contributed by atoms with E-state index in [4.69, 9.17) is 0 Å². The van der Waals surface area contributed by atoms with Crippen LogP contribution >= 0.6 is 0 Å². The fourth-order valence-electron chi connectivity index (χ4n) is 3.12. The molecule has 2 aromatic rings. The zero-order valence-electron chi connectivity index (χ0n) is 14.4. The third-order valence-electron chi connectivity index (χ3n) is 4.61. The summed E-state index contributed by atoms with van der Waals surface area (Å²) in [7, 11) is -3.42. The monoisotopic (exact) mass is 344 g/mol. The molecule has 0 bridgehead atoms. The summed E-state index contributed by atoms with van der Waals surface area (Å²) in [5.41, 5.74) is 3.44. The van der Waals surface area contributed by atoms with Crippen LogP contribution in [0.5, 0.6) is 0 Å². The molecule has 1 atom stereocenters. The van der Waals surface area contributed by atoms with Crippen molar-refractivity contribution in [2.75, 3.05) is 24.5 Å². The summed E-state index contributed by atoms with van der Waals surface area (Å²) in [6.45, 7) is 7.82. The number of hydrogen-bond donors (Lipinski definition) is 0. The number of hydrogen-bond acceptors (Lipinski definition) is 3. The van der Waals surface area contributed by atoms with Gasteiger partial charge in [0.05, 0.1) is 4.90 Å². The summed E-state index contributed by atoms with van der Waals surface area (Å²) in [6, 6.07) is 15.6. The summed E-state index contributed by atoms with van der Waals surface area (Å²) in [5, 5.41) is 0. The van der Waals surface area contributed by atoms with Crippen LogP contribution in [-0.4, -0.2) is 38.4 Å². The molecule has 3 rings (SSSR count). The van der Waals surface area contributed by atoms with Crippen LogP contribution in [0.15, 0.2) is 53.4 Å². The van der Waals surface area contributed by atoms with Crippen molar-refractivity contribution in [1.82, 2.24) is 4.31 Å². The van der Waals surface area contributed by atoms with Gasteiger partial charge in [-0.25, -0.2) is 8.42 Å². The zero-order chi connectivity index (χ0) is 17.3. The fourth-order valence-corrected chi connectivity index (χ4v) is 4.63. The van der Waals surface area contributed by atoms with Gasteiger partial charge in [0.1, 0.15) is 0 Å². The molecule has 128 valence electrons. The Labute approximate surface area is 144 Å². The lowest BCUT2D eigenvalue weighted by Crippen LogP contribution is -2.53. The third-order valence-corrected chi connectivity index (χ3v) is 6.49. The number of sulfonamides is 1. The van der Waals surface area contributed by atoms with Gasteiger partial charge in [-0.1, -0.05) is 35.4 Å². The zero-order valence-corrected chi connectivity index (χ0v) is 15.3. The van der Waals surface area contributed by atoms with Gasteiger partial charge in [0.15, 0.2) is 0 Å². The van der Waals surface area contributed by atoms with E-state index in [1.165, 1.54) is 5.56 Å². The molecule has 1 aliphatic rings. The van der Waals surface area contributed by atoms with Gasteiger partial charge in [0, 0.05) is 31.4 Å². The van der Waals surface area contributed by atoms with E-state index in [9.17, 15) is 8.42 Å². The van der Waals surface area contributed by atoms with Crippen molar-refractivity contribution in [3.63, 3.8) is 0 Å². The van der Waals surface area contributed by atoms with Gasteiger partial charge >= 0.3 is 0 Å². The third kappa shape index (κ3) is 3.32. The summed E-state index contributed by atoms with van der Waals surface area (Å²) >= 11 is 0. The SMILES string of the molecule is Cc1ccc(N2CCN(S(=O)(=O)c3ccc(C)cc3)CC2C)cc1. The average Bonchev–Trinajstić information content (AvgIpc) is 2.56. The first kappa shape index (κ1) is 17.0. The van der Waals surface area contributed by atoms with Crippen molar-refractivity contribution < 1.29 is 8.42 Å². The quantitative estimate of drug-likeness (QED) is 0.858. The van der Waals surface area contributed by atoms with Crippen molar-refractivity contribution in [3.8, 4) is 0 Å². The second-order valence-corrected chi connectivity index (χ2v) is 8.49. The predicted octanol–water partition coefficient (Wildman–Crippen LogP) is 3.20. The minimum Gasteiger partial charge on any atom is -0.366 e. The molecule has 1 fully saturated rings. The Morgan fingerprint density at radius 2 is 1.42 bits per heavy atom. The molecule has 24 heavy (non-hydrogen) atoms. The lowest BCUT2D eigenvalue weighted by molar-refractivity contribution is 0.342. The molecule has 5 heteroatoms. The van der Waals surface area contributed by atoms with E-state index in [1.807, 2.05) is 19.1 Å². The molecule has 0 aliphatic carbocycles. The number of anilines is 1. The molecule has 2 aromatic carbocycles. The highest BCUT2D eigenvalue weighted by atomic mass is 32.2. The predicted molar refractivity (Wildman–Crippen MR) is 97.9 cm³/mol. The molecule has 1 aliphatic heterocycles. The maximum Gasteiger partial charge on any atom is 0.243 e. The van der Waals surface area contributed by atoms with E-state index in [1.54, 1.807) is 16.4 Å². The van der Waals surface area contributed by atoms with Crippen molar-refractivity contribution >= 4 is 15.7 Å². The van der Waals surface area contributed by atoms with Gasteiger partial charge in [-0.15, -0.1) is 0 Å². The second kappa shape index (κ2) is 6.57. The minimum atomic E-state index is -3.42. The van der Waals surface area contributed by atoms with Gasteiger partial charge in [-0.2, -0.15) is 4.31 Å². The molecule has 0 spiro atoms. The maximum absolute atomic E-state index is 12.8. The first-order chi connectivity index (χ1) is 11.4. The Morgan fingerprint density at radius 1 is 0.875 bits per heavy atom. The van der Waals surface area contributed by atoms with E-state index in [0.29, 0.717) is 24.5 Å². The number of aryl methyl sites for hydroxylation is 2. The Kier molecular flexibility index (Phi) is 4.65. The van der Waals surface area contributed by atoms with Gasteiger partial charge in [0.2, 0.25) is 10.0 Å². The van der Waals surface area contributed by atoms with Crippen LogP contribution < -0.4 is 4.90 Å². The smallest absolute Gasteiger partial charge is 0.243 e. The number of piperazine rings is 1. The van der Waals surface area contributed by atoms with Crippen LogP contribution in [0.1, 0.15) is 18.1 Å². The summed E-state index contributed by atoms with van der Waals surface area (Å²) in [6.07, 6.45) is 0. The van der Waals surface area contributed by atoms with Crippen LogP contribution in [0.4, 0.5) is 5.69 Å². The standard InChI is InChI=1S/C19H24N2O2S/c1-15-4-8-18(9-5-15)21-13-12-20(14-17(21)3)24(22,23)19-10-6-16(2)7-11-19/h4-11,17H,12-14H2,1-3H3. The van der Waals surface area contributed by atoms with E-state index < -0.39 is 10.0 Å². The van der Waals surface area contributed by atoms with Gasteiger partial charge in [-0.05, 0) is 45.0 Å². The van der Waals surface area contributed by atoms with Crippen LogP contribution in [0, 0.1) is 13.8 Å². The van der Waals surface area contributed by atoms with Gasteiger partial charge < -0.3 is 4.90 Å². The topological polar surface area (TPSA) is 40.6 Å². The highest BCUT2D eigenvalue weighted by Gasteiger charge is 2.32. The van der Waals surface area contributed by atoms with Crippen molar-refractivity contribution in [2.45, 2.75) is 31.7 Å². The van der Waals surface area contributed by atoms with Gasteiger partial charge in [0.25, 0.3) is 0 Å². The molecule has 0 N–H and O–H groups in total. The molecule has 1 unspecified atom stereocenters. The molecular formula is C19H24N2O2S. The maximum atomic E-state index is 12.8. The largest absolute Gasteiger partial charge is 0.366 e. The van der Waals surface area contributed by atoms with Crippen LogP contribution in [0.25, 0.3) is 0 Å². The lowest BCUT2D eigenvalue weighted by Gasteiger charge is -2.40. The molecule has 0 saturated carbocycles. The Balaban J connectivity index is 1.77. The fraction of sp³-hybridized carbons (Fsp3) is 0.368. The Bertz CT molecular complexity index is 798. The van der Waals surface area contributed by atoms with E-state index in [-0.39, 0.29) is 6.04 Å². The second-order valence-electron chi connectivity index (χ2n) is 6.55. The van der Waals surface area contributed by atoms with Crippen molar-refractivity contribution in [3.05, 3.63) is 59.7 Å². The Morgan fingerprint density at radius 3 is 1.96 bits per heavy atom. The lowest BCUT2D eigenvalue weighted by atomic mass is 10.1. The summed E-state index contributed by atoms with van der Waals surface area (Å²) in [5.74, 6) is 0. The molecule has 1 saturated heterocycles. The van der Waals surface area contributed by atoms with Crippen molar-refractivity contribution in [2.24, 2.45) is 0 Å². The van der Waals surface area contributed by atoms with E-state index in [0.717, 1.165) is 11.3 Å². The molecular weight excluding hydrogens is 320 g/mol. The Hall–Kier alpha value is -1.85. The first-order valence-electron chi connectivity index (χ1n) is 8.28. The molecule has 0 radical (unpaired) electrons. The van der Waals surface area contributed by atoms with E-state index >= 15 is 0 Å². The highest BCUT2D eigenvalue weighted by molar-refractivity contribution is 7.89. The molecule has 0 amide bonds. The average molecular weight is 344 g/mol.